The Morgan fingerprint density at radius 2 is 1.32 bits per heavy atom. The van der Waals surface area contributed by atoms with Crippen molar-refractivity contribution in [3.8, 4) is 11.5 Å². The van der Waals surface area contributed by atoms with E-state index in [1.807, 2.05) is 36.4 Å². The number of ether oxygens (including phenoxy) is 1. The molecule has 0 radical (unpaired) electrons. The first-order valence-corrected chi connectivity index (χ1v) is 9.05. The fourth-order valence-electron chi connectivity index (χ4n) is 1.57. The summed E-state index contributed by atoms with van der Waals surface area (Å²) in [6, 6.07) is 14.7. The molecule has 0 fully saturated rings. The molecule has 0 atom stereocenters. The van der Waals surface area contributed by atoms with Crippen molar-refractivity contribution in [1.82, 2.24) is 0 Å². The predicted octanol–water partition coefficient (Wildman–Crippen LogP) is 3.96. The Morgan fingerprint density at radius 1 is 0.864 bits per heavy atom. The first-order chi connectivity index (χ1) is 10.4. The highest BCUT2D eigenvalue weighted by Gasteiger charge is 2.17. The van der Waals surface area contributed by atoms with E-state index in [1.165, 1.54) is 0 Å². The van der Waals surface area contributed by atoms with E-state index in [0.717, 1.165) is 15.5 Å². The first-order valence-electron chi connectivity index (χ1n) is 6.76. The second-order valence-electron chi connectivity index (χ2n) is 4.87. The van der Waals surface area contributed by atoms with Crippen molar-refractivity contribution in [2.24, 2.45) is 0 Å². The van der Waals surface area contributed by atoms with E-state index >= 15 is 0 Å². The molecule has 2 aromatic carbocycles. The van der Waals surface area contributed by atoms with Gasteiger partial charge in [0.15, 0.2) is 0 Å². The van der Waals surface area contributed by atoms with Gasteiger partial charge in [-0.1, -0.05) is 11.8 Å². The summed E-state index contributed by atoms with van der Waals surface area (Å²) in [5.74, 6) is 1.14. The van der Waals surface area contributed by atoms with Gasteiger partial charge in [0.05, 0.1) is 12.4 Å². The molecule has 2 rings (SSSR count). The van der Waals surface area contributed by atoms with Gasteiger partial charge in [-0.15, -0.1) is 0 Å². The maximum absolute atomic E-state index is 11.7. The Morgan fingerprint density at radius 3 is 1.73 bits per heavy atom. The van der Waals surface area contributed by atoms with Crippen LogP contribution in [0.4, 0.5) is 0 Å². The minimum absolute atomic E-state index is 0.327. The summed E-state index contributed by atoms with van der Waals surface area (Å²) in [5.41, 5.74) is 0. The summed E-state index contributed by atoms with van der Waals surface area (Å²) in [4.78, 5) is 2.07. The van der Waals surface area contributed by atoms with Crippen LogP contribution in [0.1, 0.15) is 13.8 Å². The van der Waals surface area contributed by atoms with E-state index in [4.69, 9.17) is 8.92 Å². The summed E-state index contributed by atoms with van der Waals surface area (Å²) < 4.78 is 33.6. The zero-order chi connectivity index (χ0) is 16.2. The Hall–Kier alpha value is -1.66. The second-order valence-corrected chi connectivity index (χ2v) is 8.12. The second kappa shape index (κ2) is 7.07. The zero-order valence-electron chi connectivity index (χ0n) is 12.6. The molecule has 0 unspecified atom stereocenters. The Labute approximate surface area is 135 Å². The summed E-state index contributed by atoms with van der Waals surface area (Å²) in [7, 11) is -1.92. The van der Waals surface area contributed by atoms with Gasteiger partial charge >= 0.3 is 10.1 Å². The molecule has 0 aromatic heterocycles. The molecule has 4 nitrogen and oxygen atoms in total. The third kappa shape index (κ3) is 4.42. The van der Waals surface area contributed by atoms with E-state index in [0.29, 0.717) is 5.75 Å². The van der Waals surface area contributed by atoms with Crippen LogP contribution in [0.5, 0.6) is 11.5 Å². The largest absolute Gasteiger partial charge is 0.497 e. The highest BCUT2D eigenvalue weighted by Crippen LogP contribution is 2.30. The quantitative estimate of drug-likeness (QED) is 0.746. The average Bonchev–Trinajstić information content (AvgIpc) is 2.49. The molecule has 0 saturated carbocycles. The van der Waals surface area contributed by atoms with Gasteiger partial charge in [0.2, 0.25) is 0 Å². The third-order valence-corrected chi connectivity index (χ3v) is 5.50. The topological polar surface area (TPSA) is 52.6 Å². The van der Waals surface area contributed by atoms with Gasteiger partial charge in [0, 0.05) is 9.79 Å². The standard InChI is InChI=1S/C16H18O4S2/c1-12(2)22(17,18)20-14-6-10-16(11-7-14)21-15-8-4-13(19-3)5-9-15/h4-12H,1-3H3. The van der Waals surface area contributed by atoms with Crippen LogP contribution in [-0.4, -0.2) is 20.8 Å². The van der Waals surface area contributed by atoms with Crippen LogP contribution in [-0.2, 0) is 10.1 Å². The van der Waals surface area contributed by atoms with Crippen molar-refractivity contribution >= 4 is 21.9 Å². The minimum atomic E-state index is -3.55. The number of hydrogen-bond donors (Lipinski definition) is 0. The molecule has 118 valence electrons. The molecule has 0 amide bonds. The van der Waals surface area contributed by atoms with Gasteiger partial charge < -0.3 is 8.92 Å². The van der Waals surface area contributed by atoms with E-state index in [2.05, 4.69) is 0 Å². The van der Waals surface area contributed by atoms with Crippen LogP contribution >= 0.6 is 11.8 Å². The Kier molecular flexibility index (Phi) is 5.37. The number of methoxy groups -OCH3 is 1. The monoisotopic (exact) mass is 338 g/mol. The van der Waals surface area contributed by atoms with Gasteiger partial charge in [-0.05, 0) is 62.4 Å². The number of rotatable bonds is 6. The average molecular weight is 338 g/mol. The van der Waals surface area contributed by atoms with Crippen molar-refractivity contribution in [3.05, 3.63) is 48.5 Å². The zero-order valence-corrected chi connectivity index (χ0v) is 14.3. The molecule has 0 saturated heterocycles. The molecule has 0 N–H and O–H groups in total. The normalized spacial score (nSPS) is 11.5. The lowest BCUT2D eigenvalue weighted by molar-refractivity contribution is 0.414. The van der Waals surface area contributed by atoms with Crippen molar-refractivity contribution in [3.63, 3.8) is 0 Å². The predicted molar refractivity (Wildman–Crippen MR) is 88.2 cm³/mol. The fraction of sp³-hybridized carbons (Fsp3) is 0.250. The molecule has 0 aliphatic carbocycles. The molecule has 0 aliphatic rings. The van der Waals surface area contributed by atoms with Crippen molar-refractivity contribution < 1.29 is 17.3 Å². The summed E-state index contributed by atoms with van der Waals surface area (Å²) in [6.45, 7) is 3.17. The SMILES string of the molecule is COc1ccc(Sc2ccc(OS(=O)(=O)C(C)C)cc2)cc1. The van der Waals surface area contributed by atoms with Gasteiger partial charge in [0.25, 0.3) is 0 Å². The molecule has 0 heterocycles. The lowest BCUT2D eigenvalue weighted by Gasteiger charge is -2.10. The maximum atomic E-state index is 11.7. The highest BCUT2D eigenvalue weighted by atomic mass is 32.2. The van der Waals surface area contributed by atoms with Gasteiger partial charge in [0.1, 0.15) is 11.5 Å². The molecular formula is C16H18O4S2. The van der Waals surface area contributed by atoms with Crippen molar-refractivity contribution in [1.29, 1.82) is 0 Å². The Bertz CT molecular complexity index is 705. The fourth-order valence-corrected chi connectivity index (χ4v) is 2.96. The molecule has 2 aromatic rings. The van der Waals surface area contributed by atoms with Crippen LogP contribution in [0.2, 0.25) is 0 Å². The molecule has 0 aliphatic heterocycles. The molecule has 0 spiro atoms. The van der Waals surface area contributed by atoms with Crippen LogP contribution in [0.25, 0.3) is 0 Å². The lowest BCUT2D eigenvalue weighted by atomic mass is 10.3. The third-order valence-electron chi connectivity index (χ3n) is 2.91. The molecule has 6 heteroatoms. The van der Waals surface area contributed by atoms with E-state index in [9.17, 15) is 8.42 Å². The van der Waals surface area contributed by atoms with Crippen LogP contribution in [0.3, 0.4) is 0 Å². The van der Waals surface area contributed by atoms with Crippen LogP contribution in [0, 0.1) is 0 Å². The van der Waals surface area contributed by atoms with Crippen LogP contribution in [0.15, 0.2) is 58.3 Å². The maximum Gasteiger partial charge on any atom is 0.311 e. The number of hydrogen-bond acceptors (Lipinski definition) is 5. The Balaban J connectivity index is 2.05. The molecule has 0 bridgehead atoms. The van der Waals surface area contributed by atoms with E-state index < -0.39 is 15.4 Å². The van der Waals surface area contributed by atoms with Crippen molar-refractivity contribution in [2.45, 2.75) is 28.9 Å². The molecular weight excluding hydrogens is 320 g/mol. The smallest absolute Gasteiger partial charge is 0.311 e. The van der Waals surface area contributed by atoms with Gasteiger partial charge in [-0.3, -0.25) is 0 Å². The van der Waals surface area contributed by atoms with E-state index in [1.54, 1.807) is 44.9 Å². The van der Waals surface area contributed by atoms with Crippen LogP contribution < -0.4 is 8.92 Å². The minimum Gasteiger partial charge on any atom is -0.497 e. The summed E-state index contributed by atoms with van der Waals surface area (Å²) in [5, 5.41) is -0.569. The number of benzene rings is 2. The lowest BCUT2D eigenvalue weighted by Crippen LogP contribution is -2.19. The molecule has 22 heavy (non-hydrogen) atoms. The first kappa shape index (κ1) is 16.7. The van der Waals surface area contributed by atoms with Gasteiger partial charge in [-0.25, -0.2) is 0 Å². The summed E-state index contributed by atoms with van der Waals surface area (Å²) >= 11 is 1.58. The highest BCUT2D eigenvalue weighted by molar-refractivity contribution is 7.99. The van der Waals surface area contributed by atoms with Crippen molar-refractivity contribution in [2.75, 3.05) is 7.11 Å². The van der Waals surface area contributed by atoms with E-state index in [-0.39, 0.29) is 0 Å². The van der Waals surface area contributed by atoms with Gasteiger partial charge in [-0.2, -0.15) is 8.42 Å². The summed E-state index contributed by atoms with van der Waals surface area (Å²) in [6.07, 6.45) is 0.